The summed E-state index contributed by atoms with van der Waals surface area (Å²) in [5, 5.41) is 8.21. The van der Waals surface area contributed by atoms with E-state index in [0.717, 1.165) is 0 Å². The Balaban J connectivity index is 1.46. The Labute approximate surface area is 158 Å². The van der Waals surface area contributed by atoms with Crippen LogP contribution < -0.4 is 9.47 Å². The van der Waals surface area contributed by atoms with Gasteiger partial charge in [-0.3, -0.25) is 0 Å². The van der Waals surface area contributed by atoms with Gasteiger partial charge >= 0.3 is 0 Å². The third-order valence-corrected chi connectivity index (χ3v) is 6.80. The summed E-state index contributed by atoms with van der Waals surface area (Å²) in [6.45, 7) is 5.73. The third-order valence-electron chi connectivity index (χ3n) is 4.90. The van der Waals surface area contributed by atoms with Crippen LogP contribution in [0.4, 0.5) is 0 Å². The summed E-state index contributed by atoms with van der Waals surface area (Å²) >= 11 is 0. The van der Waals surface area contributed by atoms with Gasteiger partial charge in [-0.2, -0.15) is 4.31 Å². The van der Waals surface area contributed by atoms with E-state index in [2.05, 4.69) is 10.2 Å². The normalized spacial score (nSPS) is 18.8. The van der Waals surface area contributed by atoms with E-state index in [4.69, 9.17) is 13.9 Å². The fraction of sp³-hybridized carbons (Fsp3) is 0.556. The van der Waals surface area contributed by atoms with Gasteiger partial charge < -0.3 is 13.9 Å². The molecule has 1 saturated heterocycles. The Kier molecular flexibility index (Phi) is 4.81. The number of sulfonamides is 1. The molecule has 0 saturated carbocycles. The molecule has 4 rings (SSSR count). The van der Waals surface area contributed by atoms with Crippen molar-refractivity contribution in [2.24, 2.45) is 0 Å². The predicted octanol–water partition coefficient (Wildman–Crippen LogP) is 2.53. The standard InChI is InChI=1S/C18H23N3O5S/c1-12(2)17-19-20-18(26-17)13-5-7-21(8-6-13)27(22,23)14-3-4-15-16(11-14)25-10-9-24-15/h3-4,11-13H,5-10H2,1-2H3. The number of rotatable bonds is 4. The maximum Gasteiger partial charge on any atom is 0.243 e. The molecular weight excluding hydrogens is 370 g/mol. The molecule has 0 N–H and O–H groups in total. The van der Waals surface area contributed by atoms with Gasteiger partial charge in [-0.05, 0) is 25.0 Å². The van der Waals surface area contributed by atoms with Crippen molar-refractivity contribution in [3.8, 4) is 11.5 Å². The molecule has 0 bridgehead atoms. The lowest BCUT2D eigenvalue weighted by Gasteiger charge is -2.30. The van der Waals surface area contributed by atoms with E-state index in [1.54, 1.807) is 18.2 Å². The smallest absolute Gasteiger partial charge is 0.243 e. The molecule has 146 valence electrons. The Morgan fingerprint density at radius 2 is 1.78 bits per heavy atom. The molecule has 2 aliphatic heterocycles. The van der Waals surface area contributed by atoms with E-state index < -0.39 is 10.0 Å². The minimum absolute atomic E-state index is 0.0942. The van der Waals surface area contributed by atoms with Crippen LogP contribution in [0, 0.1) is 0 Å². The van der Waals surface area contributed by atoms with Crippen LogP contribution in [0.1, 0.15) is 50.3 Å². The molecular formula is C18H23N3O5S. The van der Waals surface area contributed by atoms with Crippen LogP contribution in [-0.4, -0.2) is 49.2 Å². The molecule has 1 fully saturated rings. The predicted molar refractivity (Wildman–Crippen MR) is 96.6 cm³/mol. The number of benzene rings is 1. The van der Waals surface area contributed by atoms with Gasteiger partial charge in [0, 0.05) is 31.0 Å². The number of hydrogen-bond donors (Lipinski definition) is 0. The second kappa shape index (κ2) is 7.12. The third kappa shape index (κ3) is 3.53. The van der Waals surface area contributed by atoms with Crippen molar-refractivity contribution >= 4 is 10.0 Å². The number of hydrogen-bond acceptors (Lipinski definition) is 7. The molecule has 0 amide bonds. The summed E-state index contributed by atoms with van der Waals surface area (Å²) in [7, 11) is -3.58. The minimum atomic E-state index is -3.58. The fourth-order valence-corrected chi connectivity index (χ4v) is 4.81. The highest BCUT2D eigenvalue weighted by atomic mass is 32.2. The number of fused-ring (bicyclic) bond motifs is 1. The maximum absolute atomic E-state index is 13.0. The van der Waals surface area contributed by atoms with Gasteiger partial charge in [-0.25, -0.2) is 8.42 Å². The van der Waals surface area contributed by atoms with Crippen LogP contribution >= 0.6 is 0 Å². The average Bonchev–Trinajstić information content (AvgIpc) is 3.18. The molecule has 2 aliphatic rings. The molecule has 1 aromatic heterocycles. The maximum atomic E-state index is 13.0. The van der Waals surface area contributed by atoms with Gasteiger partial charge in [0.25, 0.3) is 0 Å². The molecule has 0 radical (unpaired) electrons. The SMILES string of the molecule is CC(C)c1nnc(C2CCN(S(=O)(=O)c3ccc4c(c3)OCCO4)CC2)o1. The van der Waals surface area contributed by atoms with Gasteiger partial charge in [-0.1, -0.05) is 13.8 Å². The van der Waals surface area contributed by atoms with E-state index in [1.165, 1.54) is 4.31 Å². The van der Waals surface area contributed by atoms with E-state index in [0.29, 0.717) is 62.4 Å². The van der Waals surface area contributed by atoms with Crippen molar-refractivity contribution < 1.29 is 22.3 Å². The lowest BCUT2D eigenvalue weighted by Crippen LogP contribution is -2.38. The topological polar surface area (TPSA) is 94.8 Å². The van der Waals surface area contributed by atoms with Crippen molar-refractivity contribution in [3.63, 3.8) is 0 Å². The first-order valence-electron chi connectivity index (χ1n) is 9.18. The minimum Gasteiger partial charge on any atom is -0.486 e. The van der Waals surface area contributed by atoms with E-state index >= 15 is 0 Å². The molecule has 3 heterocycles. The zero-order chi connectivity index (χ0) is 19.0. The van der Waals surface area contributed by atoms with Crippen LogP contribution in [0.3, 0.4) is 0 Å². The van der Waals surface area contributed by atoms with Crippen LogP contribution in [0.25, 0.3) is 0 Å². The summed E-state index contributed by atoms with van der Waals surface area (Å²) in [5.41, 5.74) is 0. The molecule has 0 aliphatic carbocycles. The molecule has 1 aromatic carbocycles. The second-order valence-electron chi connectivity index (χ2n) is 7.12. The quantitative estimate of drug-likeness (QED) is 0.788. The van der Waals surface area contributed by atoms with Gasteiger partial charge in [0.2, 0.25) is 21.8 Å². The summed E-state index contributed by atoms with van der Waals surface area (Å²) in [6, 6.07) is 4.77. The fourth-order valence-electron chi connectivity index (χ4n) is 3.32. The van der Waals surface area contributed by atoms with Crippen LogP contribution in [0.5, 0.6) is 11.5 Å². The highest BCUT2D eigenvalue weighted by molar-refractivity contribution is 7.89. The summed E-state index contributed by atoms with van der Waals surface area (Å²) in [5.74, 6) is 2.56. The first kappa shape index (κ1) is 18.2. The van der Waals surface area contributed by atoms with Gasteiger partial charge in [0.1, 0.15) is 13.2 Å². The number of aromatic nitrogens is 2. The Morgan fingerprint density at radius 1 is 1.07 bits per heavy atom. The second-order valence-corrected chi connectivity index (χ2v) is 9.05. The molecule has 8 nitrogen and oxygen atoms in total. The first-order chi connectivity index (χ1) is 12.9. The summed E-state index contributed by atoms with van der Waals surface area (Å²) in [4.78, 5) is 0.227. The summed E-state index contributed by atoms with van der Waals surface area (Å²) in [6.07, 6.45) is 1.31. The first-order valence-corrected chi connectivity index (χ1v) is 10.6. The lowest BCUT2D eigenvalue weighted by molar-refractivity contribution is 0.171. The largest absolute Gasteiger partial charge is 0.486 e. The Morgan fingerprint density at radius 3 is 2.44 bits per heavy atom. The number of ether oxygens (including phenoxy) is 2. The van der Waals surface area contributed by atoms with Crippen LogP contribution in [-0.2, 0) is 10.0 Å². The van der Waals surface area contributed by atoms with E-state index in [-0.39, 0.29) is 16.7 Å². The van der Waals surface area contributed by atoms with Crippen LogP contribution in [0.15, 0.2) is 27.5 Å². The van der Waals surface area contributed by atoms with Crippen molar-refractivity contribution in [3.05, 3.63) is 30.0 Å². The highest BCUT2D eigenvalue weighted by Crippen LogP contribution is 2.35. The molecule has 0 spiro atoms. The van der Waals surface area contributed by atoms with Crippen molar-refractivity contribution in [2.75, 3.05) is 26.3 Å². The highest BCUT2D eigenvalue weighted by Gasteiger charge is 2.33. The van der Waals surface area contributed by atoms with Crippen LogP contribution in [0.2, 0.25) is 0 Å². The zero-order valence-electron chi connectivity index (χ0n) is 15.4. The van der Waals surface area contributed by atoms with Crippen molar-refractivity contribution in [1.29, 1.82) is 0 Å². The molecule has 2 aromatic rings. The van der Waals surface area contributed by atoms with E-state index in [9.17, 15) is 8.42 Å². The molecule has 27 heavy (non-hydrogen) atoms. The van der Waals surface area contributed by atoms with E-state index in [1.807, 2.05) is 13.8 Å². The molecule has 0 atom stereocenters. The average molecular weight is 393 g/mol. The van der Waals surface area contributed by atoms with Crippen molar-refractivity contribution in [2.45, 2.75) is 43.4 Å². The zero-order valence-corrected chi connectivity index (χ0v) is 16.2. The van der Waals surface area contributed by atoms with Crippen molar-refractivity contribution in [1.82, 2.24) is 14.5 Å². The van der Waals surface area contributed by atoms with Gasteiger partial charge in [0.15, 0.2) is 11.5 Å². The Hall–Kier alpha value is -2.13. The molecule has 9 heteroatoms. The Bertz CT molecular complexity index is 917. The number of piperidine rings is 1. The van der Waals surface area contributed by atoms with Gasteiger partial charge in [0.05, 0.1) is 4.90 Å². The summed E-state index contributed by atoms with van der Waals surface area (Å²) < 4.78 is 44.2. The molecule has 0 unspecified atom stereocenters. The lowest BCUT2D eigenvalue weighted by atomic mass is 9.98. The monoisotopic (exact) mass is 393 g/mol. The number of nitrogens with zero attached hydrogens (tertiary/aromatic N) is 3. The van der Waals surface area contributed by atoms with Gasteiger partial charge in [-0.15, -0.1) is 10.2 Å².